The van der Waals surface area contributed by atoms with Gasteiger partial charge < -0.3 is 20.3 Å². The summed E-state index contributed by atoms with van der Waals surface area (Å²) in [6, 6.07) is 8.40. The number of aromatic nitrogens is 5. The van der Waals surface area contributed by atoms with Crippen molar-refractivity contribution in [3.05, 3.63) is 42.2 Å². The summed E-state index contributed by atoms with van der Waals surface area (Å²) < 4.78 is 6.94. The zero-order chi connectivity index (χ0) is 23.1. The summed E-state index contributed by atoms with van der Waals surface area (Å²) in [5.41, 5.74) is 3.41. The third-order valence-corrected chi connectivity index (χ3v) is 5.87. The standard InChI is InChI=1S/C23H26N8O2/c1-13-11-31(12-14(2)26-13)17-8-7-15(19-16(17)10-25-23(27-19)33-4)22(32)28-21-20-18(30(3)29-21)6-5-9-24-20/h5-10,13-14,26H,11-12H2,1-4H3,(H,28,29,32)/t13-,14-/m1/s1. The van der Waals surface area contributed by atoms with Crippen LogP contribution in [-0.4, -0.2) is 62.9 Å². The van der Waals surface area contributed by atoms with Crippen LogP contribution in [0.15, 0.2) is 36.7 Å². The van der Waals surface area contributed by atoms with Crippen molar-refractivity contribution in [1.29, 1.82) is 0 Å². The molecule has 10 heteroatoms. The average Bonchev–Trinajstić information content (AvgIpc) is 3.12. The lowest BCUT2D eigenvalue weighted by Crippen LogP contribution is -2.54. The zero-order valence-electron chi connectivity index (χ0n) is 19.0. The lowest BCUT2D eigenvalue weighted by Gasteiger charge is -2.38. The maximum absolute atomic E-state index is 13.4. The van der Waals surface area contributed by atoms with E-state index in [0.717, 1.165) is 29.7 Å². The van der Waals surface area contributed by atoms with E-state index in [9.17, 15) is 4.79 Å². The van der Waals surface area contributed by atoms with Gasteiger partial charge in [-0.05, 0) is 38.1 Å². The fourth-order valence-corrected chi connectivity index (χ4v) is 4.52. The first kappa shape index (κ1) is 21.1. The number of aryl methyl sites for hydroxylation is 1. The van der Waals surface area contributed by atoms with Gasteiger partial charge in [-0.25, -0.2) is 4.98 Å². The number of rotatable bonds is 4. The number of fused-ring (bicyclic) bond motifs is 2. The van der Waals surface area contributed by atoms with Crippen molar-refractivity contribution < 1.29 is 9.53 Å². The van der Waals surface area contributed by atoms with Crippen LogP contribution in [0, 0.1) is 0 Å². The molecule has 5 rings (SSSR count). The van der Waals surface area contributed by atoms with Crippen LogP contribution in [-0.2, 0) is 7.05 Å². The lowest BCUT2D eigenvalue weighted by atomic mass is 10.0. The van der Waals surface area contributed by atoms with Gasteiger partial charge in [0.25, 0.3) is 5.91 Å². The highest BCUT2D eigenvalue weighted by atomic mass is 16.5. The smallest absolute Gasteiger partial charge is 0.316 e. The van der Waals surface area contributed by atoms with Crippen molar-refractivity contribution in [2.24, 2.45) is 7.05 Å². The first-order chi connectivity index (χ1) is 15.9. The van der Waals surface area contributed by atoms with Crippen molar-refractivity contribution in [3.63, 3.8) is 0 Å². The van der Waals surface area contributed by atoms with Gasteiger partial charge in [-0.1, -0.05) is 0 Å². The molecule has 1 aliphatic heterocycles. The number of nitrogens with zero attached hydrogens (tertiary/aromatic N) is 6. The van der Waals surface area contributed by atoms with Gasteiger partial charge >= 0.3 is 6.01 Å². The summed E-state index contributed by atoms with van der Waals surface area (Å²) in [4.78, 5) is 28.9. The molecule has 4 aromatic rings. The van der Waals surface area contributed by atoms with Crippen LogP contribution in [0.5, 0.6) is 6.01 Å². The molecule has 33 heavy (non-hydrogen) atoms. The molecule has 1 saturated heterocycles. The molecule has 0 saturated carbocycles. The molecule has 0 bridgehead atoms. The minimum atomic E-state index is -0.319. The number of pyridine rings is 1. The van der Waals surface area contributed by atoms with E-state index in [1.54, 1.807) is 23.1 Å². The van der Waals surface area contributed by atoms with E-state index in [2.05, 4.69) is 49.4 Å². The Morgan fingerprint density at radius 1 is 1.15 bits per heavy atom. The monoisotopic (exact) mass is 446 g/mol. The van der Waals surface area contributed by atoms with Crippen molar-refractivity contribution in [3.8, 4) is 6.01 Å². The molecule has 0 spiro atoms. The third kappa shape index (κ3) is 3.82. The average molecular weight is 447 g/mol. The number of amides is 1. The van der Waals surface area contributed by atoms with Crippen molar-refractivity contribution in [2.45, 2.75) is 25.9 Å². The Bertz CT molecular complexity index is 1340. The van der Waals surface area contributed by atoms with Gasteiger partial charge in [0.1, 0.15) is 5.52 Å². The number of piperazine rings is 1. The van der Waals surface area contributed by atoms with Gasteiger partial charge in [0.2, 0.25) is 0 Å². The predicted octanol–water partition coefficient (Wildman–Crippen LogP) is 2.36. The van der Waals surface area contributed by atoms with Crippen LogP contribution >= 0.6 is 0 Å². The second kappa shape index (κ2) is 8.28. The first-order valence-electron chi connectivity index (χ1n) is 10.9. The largest absolute Gasteiger partial charge is 0.467 e. The van der Waals surface area contributed by atoms with E-state index < -0.39 is 0 Å². The van der Waals surface area contributed by atoms with E-state index >= 15 is 0 Å². The van der Waals surface area contributed by atoms with Gasteiger partial charge in [0, 0.05) is 55.7 Å². The van der Waals surface area contributed by atoms with Crippen LogP contribution in [0.2, 0.25) is 0 Å². The highest BCUT2D eigenvalue weighted by molar-refractivity contribution is 6.15. The summed E-state index contributed by atoms with van der Waals surface area (Å²) in [6.45, 7) is 6.03. The molecule has 0 radical (unpaired) electrons. The minimum Gasteiger partial charge on any atom is -0.467 e. The molecule has 2 atom stereocenters. The number of nitrogens with one attached hydrogen (secondary N) is 2. The maximum Gasteiger partial charge on any atom is 0.316 e. The number of hydrogen-bond donors (Lipinski definition) is 2. The Balaban J connectivity index is 1.57. The summed E-state index contributed by atoms with van der Waals surface area (Å²) >= 11 is 0. The molecule has 4 heterocycles. The number of carbonyl (C=O) groups excluding carboxylic acids is 1. The molecular formula is C23H26N8O2. The fraction of sp³-hybridized carbons (Fsp3) is 0.348. The van der Waals surface area contributed by atoms with E-state index in [4.69, 9.17) is 4.74 Å². The van der Waals surface area contributed by atoms with Crippen LogP contribution in [0.1, 0.15) is 24.2 Å². The van der Waals surface area contributed by atoms with Gasteiger partial charge in [-0.2, -0.15) is 10.1 Å². The maximum atomic E-state index is 13.4. The molecule has 1 aromatic carbocycles. The second-order valence-corrected chi connectivity index (χ2v) is 8.42. The zero-order valence-corrected chi connectivity index (χ0v) is 19.0. The Morgan fingerprint density at radius 3 is 2.70 bits per heavy atom. The third-order valence-electron chi connectivity index (χ3n) is 5.87. The Labute approximate surface area is 191 Å². The van der Waals surface area contributed by atoms with E-state index in [-0.39, 0.29) is 11.9 Å². The van der Waals surface area contributed by atoms with Crippen LogP contribution in [0.25, 0.3) is 21.9 Å². The van der Waals surface area contributed by atoms with Gasteiger partial charge in [0.05, 0.1) is 23.7 Å². The number of benzene rings is 1. The number of hydrogen-bond acceptors (Lipinski definition) is 8. The van der Waals surface area contributed by atoms with E-state index in [0.29, 0.717) is 34.5 Å². The molecule has 170 valence electrons. The molecular weight excluding hydrogens is 420 g/mol. The number of methoxy groups -OCH3 is 1. The first-order valence-corrected chi connectivity index (χ1v) is 10.9. The van der Waals surface area contributed by atoms with Crippen molar-refractivity contribution in [2.75, 3.05) is 30.4 Å². The molecule has 1 fully saturated rings. The second-order valence-electron chi connectivity index (χ2n) is 8.42. The summed E-state index contributed by atoms with van der Waals surface area (Å²) in [6.07, 6.45) is 3.40. The summed E-state index contributed by atoms with van der Waals surface area (Å²) in [7, 11) is 3.33. The van der Waals surface area contributed by atoms with Gasteiger partial charge in [-0.15, -0.1) is 0 Å². The molecule has 1 aliphatic rings. The molecule has 1 amide bonds. The molecule has 2 N–H and O–H groups in total. The van der Waals surface area contributed by atoms with Crippen LogP contribution < -0.4 is 20.3 Å². The number of ether oxygens (including phenoxy) is 1. The molecule has 0 aliphatic carbocycles. The van der Waals surface area contributed by atoms with Crippen LogP contribution in [0.4, 0.5) is 11.5 Å². The fourth-order valence-electron chi connectivity index (χ4n) is 4.52. The molecule has 10 nitrogen and oxygen atoms in total. The highest BCUT2D eigenvalue weighted by Crippen LogP contribution is 2.31. The normalized spacial score (nSPS) is 18.6. The van der Waals surface area contributed by atoms with Gasteiger partial charge in [-0.3, -0.25) is 14.5 Å². The Kier molecular flexibility index (Phi) is 5.29. The SMILES string of the molecule is COc1ncc2c(N3C[C@@H](C)N[C@H](C)C3)ccc(C(=O)Nc3nn(C)c4cccnc34)c2n1. The van der Waals surface area contributed by atoms with Crippen LogP contribution in [0.3, 0.4) is 0 Å². The summed E-state index contributed by atoms with van der Waals surface area (Å²) in [5, 5.41) is 11.7. The van der Waals surface area contributed by atoms with Crippen molar-refractivity contribution in [1.82, 2.24) is 30.0 Å². The van der Waals surface area contributed by atoms with E-state index in [1.165, 1.54) is 7.11 Å². The van der Waals surface area contributed by atoms with Gasteiger partial charge in [0.15, 0.2) is 5.82 Å². The predicted molar refractivity (Wildman–Crippen MR) is 127 cm³/mol. The Morgan fingerprint density at radius 2 is 1.94 bits per heavy atom. The lowest BCUT2D eigenvalue weighted by molar-refractivity contribution is 0.102. The Hall–Kier alpha value is -3.79. The van der Waals surface area contributed by atoms with E-state index in [1.807, 2.05) is 25.2 Å². The number of anilines is 2. The molecule has 3 aromatic heterocycles. The quantitative estimate of drug-likeness (QED) is 0.492. The van der Waals surface area contributed by atoms with Crippen molar-refractivity contribution >= 4 is 39.3 Å². The molecule has 0 unspecified atom stereocenters. The number of carbonyl (C=O) groups is 1. The topological polar surface area (TPSA) is 110 Å². The highest BCUT2D eigenvalue weighted by Gasteiger charge is 2.25. The minimum absolute atomic E-state index is 0.209. The summed E-state index contributed by atoms with van der Waals surface area (Å²) in [5.74, 6) is 0.0844.